The molecule has 0 aromatic rings. The van der Waals surface area contributed by atoms with Crippen LogP contribution in [0.15, 0.2) is 10.2 Å². The third-order valence-corrected chi connectivity index (χ3v) is 2.76. The maximum absolute atomic E-state index is 9.09. The van der Waals surface area contributed by atoms with E-state index in [1.54, 1.807) is 0 Å². The summed E-state index contributed by atoms with van der Waals surface area (Å²) < 4.78 is 0. The van der Waals surface area contributed by atoms with E-state index in [9.17, 15) is 0 Å². The number of nitrogens with zero attached hydrogens (tertiary/aromatic N) is 3. The Labute approximate surface area is 86.2 Å². The molecular weight excluding hydrogens is 174 g/mol. The zero-order valence-electron chi connectivity index (χ0n) is 9.00. The van der Waals surface area contributed by atoms with Crippen LogP contribution >= 0.6 is 0 Å². The van der Waals surface area contributed by atoms with Crippen LogP contribution in [0, 0.1) is 11.3 Å². The van der Waals surface area contributed by atoms with Gasteiger partial charge in [0.25, 0.3) is 0 Å². The monoisotopic (exact) mass is 193 g/mol. The lowest BCUT2D eigenvalue weighted by Crippen LogP contribution is -2.26. The van der Waals surface area contributed by atoms with E-state index in [4.69, 9.17) is 5.26 Å². The molecule has 0 aromatic carbocycles. The molecule has 0 amide bonds. The molecule has 1 rings (SSSR count). The van der Waals surface area contributed by atoms with Crippen molar-refractivity contribution >= 4 is 0 Å². The van der Waals surface area contributed by atoms with Crippen LogP contribution in [0.3, 0.4) is 0 Å². The standard InChI is InChI=1S/C11H19N3/c1-2-3-9-13-14-11(10-12)7-5-4-6-8-11/h2-9H2,1H3/b14-13+. The first kappa shape index (κ1) is 11.2. The maximum Gasteiger partial charge on any atom is 0.167 e. The zero-order valence-corrected chi connectivity index (χ0v) is 9.00. The first-order valence-corrected chi connectivity index (χ1v) is 5.63. The van der Waals surface area contributed by atoms with Crippen LogP contribution in [0.2, 0.25) is 0 Å². The summed E-state index contributed by atoms with van der Waals surface area (Å²) in [7, 11) is 0. The third-order valence-electron chi connectivity index (χ3n) is 2.76. The molecule has 0 aliphatic heterocycles. The van der Waals surface area contributed by atoms with Gasteiger partial charge in [-0.1, -0.05) is 19.8 Å². The zero-order chi connectivity index (χ0) is 10.3. The van der Waals surface area contributed by atoms with Crippen LogP contribution in [0.4, 0.5) is 0 Å². The highest BCUT2D eigenvalue weighted by Gasteiger charge is 2.31. The van der Waals surface area contributed by atoms with E-state index in [1.165, 1.54) is 6.42 Å². The average molecular weight is 193 g/mol. The van der Waals surface area contributed by atoms with Gasteiger partial charge in [-0.3, -0.25) is 0 Å². The van der Waals surface area contributed by atoms with E-state index in [0.717, 1.165) is 45.1 Å². The molecule has 0 heterocycles. The summed E-state index contributed by atoms with van der Waals surface area (Å²) in [5.74, 6) is 0. The summed E-state index contributed by atoms with van der Waals surface area (Å²) in [6.07, 6.45) is 7.51. The predicted octanol–water partition coefficient (Wildman–Crippen LogP) is 3.47. The largest absolute Gasteiger partial charge is 0.196 e. The van der Waals surface area contributed by atoms with E-state index < -0.39 is 5.54 Å². The lowest BCUT2D eigenvalue weighted by Gasteiger charge is -2.24. The molecule has 1 fully saturated rings. The fraction of sp³-hybridized carbons (Fsp3) is 0.909. The van der Waals surface area contributed by atoms with Gasteiger partial charge in [0.15, 0.2) is 5.54 Å². The number of azo groups is 1. The Morgan fingerprint density at radius 3 is 2.57 bits per heavy atom. The highest BCUT2D eigenvalue weighted by Crippen LogP contribution is 2.31. The molecule has 0 bridgehead atoms. The Morgan fingerprint density at radius 2 is 2.00 bits per heavy atom. The van der Waals surface area contributed by atoms with Crippen LogP contribution in [0.25, 0.3) is 0 Å². The molecule has 3 heteroatoms. The van der Waals surface area contributed by atoms with Crippen LogP contribution in [0.5, 0.6) is 0 Å². The predicted molar refractivity (Wildman–Crippen MR) is 56.1 cm³/mol. The highest BCUT2D eigenvalue weighted by molar-refractivity contribution is 5.07. The van der Waals surface area contributed by atoms with Gasteiger partial charge < -0.3 is 0 Å². The smallest absolute Gasteiger partial charge is 0.167 e. The molecule has 1 saturated carbocycles. The van der Waals surface area contributed by atoms with Gasteiger partial charge in [-0.2, -0.15) is 15.5 Å². The Morgan fingerprint density at radius 1 is 1.29 bits per heavy atom. The number of unbranched alkanes of at least 4 members (excludes halogenated alkanes) is 1. The summed E-state index contributed by atoms with van der Waals surface area (Å²) in [5.41, 5.74) is -0.466. The Bertz CT molecular complexity index is 221. The van der Waals surface area contributed by atoms with Crippen molar-refractivity contribution in [2.24, 2.45) is 10.2 Å². The van der Waals surface area contributed by atoms with E-state index in [-0.39, 0.29) is 0 Å². The molecule has 0 spiro atoms. The summed E-state index contributed by atoms with van der Waals surface area (Å²) in [4.78, 5) is 0. The topological polar surface area (TPSA) is 48.5 Å². The van der Waals surface area contributed by atoms with E-state index in [0.29, 0.717) is 0 Å². The van der Waals surface area contributed by atoms with E-state index in [2.05, 4.69) is 23.2 Å². The van der Waals surface area contributed by atoms with Crippen LogP contribution < -0.4 is 0 Å². The highest BCUT2D eigenvalue weighted by atomic mass is 15.1. The van der Waals surface area contributed by atoms with Crippen molar-refractivity contribution in [1.29, 1.82) is 5.26 Å². The number of rotatable bonds is 4. The summed E-state index contributed by atoms with van der Waals surface area (Å²) in [6, 6.07) is 2.33. The average Bonchev–Trinajstić information content (AvgIpc) is 2.26. The van der Waals surface area contributed by atoms with Gasteiger partial charge in [0.1, 0.15) is 0 Å². The molecule has 0 atom stereocenters. The molecule has 1 aliphatic carbocycles. The summed E-state index contributed by atoms with van der Waals surface area (Å²) in [5, 5.41) is 17.5. The quantitative estimate of drug-likeness (QED) is 0.498. The molecular formula is C11H19N3. The van der Waals surface area contributed by atoms with E-state index in [1.807, 2.05) is 0 Å². The maximum atomic E-state index is 9.09. The summed E-state index contributed by atoms with van der Waals surface area (Å²) >= 11 is 0. The third kappa shape index (κ3) is 3.10. The first-order valence-electron chi connectivity index (χ1n) is 5.63. The Hall–Kier alpha value is -0.910. The second kappa shape index (κ2) is 5.74. The molecule has 0 unspecified atom stereocenters. The second-order valence-corrected chi connectivity index (χ2v) is 4.02. The molecule has 1 aliphatic rings. The van der Waals surface area contributed by atoms with Crippen molar-refractivity contribution in [2.75, 3.05) is 6.54 Å². The number of nitriles is 1. The van der Waals surface area contributed by atoms with Crippen molar-refractivity contribution in [1.82, 2.24) is 0 Å². The normalized spacial score (nSPS) is 20.9. The lowest BCUT2D eigenvalue weighted by atomic mass is 9.84. The fourth-order valence-corrected chi connectivity index (χ4v) is 1.79. The van der Waals surface area contributed by atoms with Gasteiger partial charge in [-0.25, -0.2) is 0 Å². The van der Waals surface area contributed by atoms with Gasteiger partial charge >= 0.3 is 0 Å². The van der Waals surface area contributed by atoms with E-state index >= 15 is 0 Å². The van der Waals surface area contributed by atoms with Crippen molar-refractivity contribution in [3.8, 4) is 6.07 Å². The minimum absolute atomic E-state index is 0.466. The number of hydrogen-bond donors (Lipinski definition) is 0. The molecule has 14 heavy (non-hydrogen) atoms. The molecule has 0 N–H and O–H groups in total. The van der Waals surface area contributed by atoms with Gasteiger partial charge in [0, 0.05) is 0 Å². The minimum atomic E-state index is -0.466. The van der Waals surface area contributed by atoms with Crippen molar-refractivity contribution in [2.45, 2.75) is 57.4 Å². The van der Waals surface area contributed by atoms with Crippen LogP contribution in [-0.2, 0) is 0 Å². The van der Waals surface area contributed by atoms with Gasteiger partial charge in [0.05, 0.1) is 12.6 Å². The van der Waals surface area contributed by atoms with Gasteiger partial charge in [-0.05, 0) is 32.1 Å². The Balaban J connectivity index is 2.44. The van der Waals surface area contributed by atoms with Gasteiger partial charge in [-0.15, -0.1) is 0 Å². The molecule has 0 saturated heterocycles. The minimum Gasteiger partial charge on any atom is -0.196 e. The van der Waals surface area contributed by atoms with Gasteiger partial charge in [0.2, 0.25) is 0 Å². The lowest BCUT2D eigenvalue weighted by molar-refractivity contribution is 0.354. The fourth-order valence-electron chi connectivity index (χ4n) is 1.79. The Kier molecular flexibility index (Phi) is 4.58. The van der Waals surface area contributed by atoms with Crippen LogP contribution in [0.1, 0.15) is 51.9 Å². The second-order valence-electron chi connectivity index (χ2n) is 4.02. The van der Waals surface area contributed by atoms with Crippen LogP contribution in [-0.4, -0.2) is 12.1 Å². The molecule has 78 valence electrons. The number of hydrogen-bond acceptors (Lipinski definition) is 3. The first-order chi connectivity index (χ1) is 6.83. The summed E-state index contributed by atoms with van der Waals surface area (Å²) in [6.45, 7) is 2.91. The molecule has 0 aromatic heterocycles. The van der Waals surface area contributed by atoms with Crippen molar-refractivity contribution < 1.29 is 0 Å². The van der Waals surface area contributed by atoms with Crippen molar-refractivity contribution in [3.05, 3.63) is 0 Å². The van der Waals surface area contributed by atoms with Crippen molar-refractivity contribution in [3.63, 3.8) is 0 Å². The SMILES string of the molecule is CCCC/N=N/C1(C#N)CCCCC1. The molecule has 0 radical (unpaired) electrons. The molecule has 3 nitrogen and oxygen atoms in total.